The normalized spacial score (nSPS) is 13.9. The lowest BCUT2D eigenvalue weighted by Gasteiger charge is -2.14. The molecule has 1 amide bonds. The molecule has 4 nitrogen and oxygen atoms in total. The van der Waals surface area contributed by atoms with Gasteiger partial charge in [-0.1, -0.05) is 19.1 Å². The number of carbonyl (C=O) groups excluding carboxylic acids is 1. The number of amides is 1. The molecule has 0 bridgehead atoms. The van der Waals surface area contributed by atoms with Crippen LogP contribution in [0.1, 0.15) is 12.5 Å². The Hall–Kier alpha value is -1.20. The summed E-state index contributed by atoms with van der Waals surface area (Å²) in [5, 5.41) is 12.4. The van der Waals surface area contributed by atoms with Crippen molar-refractivity contribution in [3.05, 3.63) is 29.8 Å². The molecule has 100 valence electrons. The lowest BCUT2D eigenvalue weighted by atomic mass is 10.1. The van der Waals surface area contributed by atoms with Crippen LogP contribution in [0.2, 0.25) is 0 Å². The molecule has 0 aliphatic carbocycles. The van der Waals surface area contributed by atoms with Crippen LogP contribution in [0.3, 0.4) is 0 Å². The molecule has 1 aromatic rings. The molecule has 1 rings (SSSR count). The third-order valence-corrected chi connectivity index (χ3v) is 3.67. The second-order valence-electron chi connectivity index (χ2n) is 4.27. The summed E-state index contributed by atoms with van der Waals surface area (Å²) >= 11 is 1.70. The molecular weight excluding hydrogens is 248 g/mol. The van der Waals surface area contributed by atoms with Gasteiger partial charge in [0.05, 0.1) is 6.04 Å². The first-order valence-corrected chi connectivity index (χ1v) is 7.15. The first-order valence-electron chi connectivity index (χ1n) is 5.87. The minimum absolute atomic E-state index is 0.135. The molecule has 0 heterocycles. The summed E-state index contributed by atoms with van der Waals surface area (Å²) in [4.78, 5) is 11.7. The average Bonchev–Trinajstić information content (AvgIpc) is 2.38. The number of hydrogen-bond acceptors (Lipinski definition) is 4. The first kappa shape index (κ1) is 14.9. The molecule has 1 aromatic carbocycles. The van der Waals surface area contributed by atoms with Crippen molar-refractivity contribution in [2.24, 2.45) is 5.73 Å². The number of thioether (sulfide) groups is 1. The van der Waals surface area contributed by atoms with E-state index in [4.69, 9.17) is 10.8 Å². The summed E-state index contributed by atoms with van der Waals surface area (Å²) in [5.74, 6) is 0.0783. The van der Waals surface area contributed by atoms with Crippen molar-refractivity contribution in [1.82, 2.24) is 5.32 Å². The van der Waals surface area contributed by atoms with Gasteiger partial charge >= 0.3 is 0 Å². The Labute approximate surface area is 112 Å². The number of nitrogens with two attached hydrogens (primary N) is 1. The molecule has 2 atom stereocenters. The Morgan fingerprint density at radius 1 is 1.44 bits per heavy atom. The predicted octanol–water partition coefficient (Wildman–Crippen LogP) is 1.13. The minimum atomic E-state index is -0.552. The lowest BCUT2D eigenvalue weighted by Crippen LogP contribution is -2.43. The van der Waals surface area contributed by atoms with Gasteiger partial charge < -0.3 is 16.2 Å². The fourth-order valence-corrected chi connectivity index (χ4v) is 1.69. The fourth-order valence-electron chi connectivity index (χ4n) is 1.44. The van der Waals surface area contributed by atoms with E-state index in [2.05, 4.69) is 12.2 Å². The third-order valence-electron chi connectivity index (χ3n) is 2.69. The van der Waals surface area contributed by atoms with Crippen LogP contribution < -0.4 is 11.1 Å². The number of phenols is 1. The van der Waals surface area contributed by atoms with Gasteiger partial charge in [-0.25, -0.2) is 0 Å². The molecular formula is C13H20N2O2S. The number of carbonyl (C=O) groups is 1. The highest BCUT2D eigenvalue weighted by Crippen LogP contribution is 2.11. The molecule has 0 spiro atoms. The molecule has 0 fully saturated rings. The van der Waals surface area contributed by atoms with Crippen molar-refractivity contribution in [2.75, 3.05) is 12.8 Å². The van der Waals surface area contributed by atoms with Crippen LogP contribution in [-0.4, -0.2) is 35.1 Å². The zero-order chi connectivity index (χ0) is 13.5. The maximum atomic E-state index is 11.7. The first-order chi connectivity index (χ1) is 8.52. The van der Waals surface area contributed by atoms with Gasteiger partial charge in [-0.2, -0.15) is 11.8 Å². The standard InChI is InChI=1S/C13H20N2O2S/c1-9(18-2)8-15-13(17)12(14)7-10-3-5-11(16)6-4-10/h3-6,9,12,16H,7-8,14H2,1-2H3,(H,15,17)/t9?,12-/m1/s1. The van der Waals surface area contributed by atoms with Gasteiger partial charge in [0.15, 0.2) is 0 Å². The SMILES string of the molecule is CSC(C)CNC(=O)[C@H](N)Cc1ccc(O)cc1. The quantitative estimate of drug-likeness (QED) is 0.723. The van der Waals surface area contributed by atoms with Crippen molar-refractivity contribution in [2.45, 2.75) is 24.6 Å². The van der Waals surface area contributed by atoms with Crippen molar-refractivity contribution >= 4 is 17.7 Å². The molecule has 0 aliphatic rings. The number of aromatic hydroxyl groups is 1. The van der Waals surface area contributed by atoms with Crippen LogP contribution in [-0.2, 0) is 11.2 Å². The van der Waals surface area contributed by atoms with Crippen LogP contribution in [0.15, 0.2) is 24.3 Å². The van der Waals surface area contributed by atoms with Gasteiger partial charge in [-0.15, -0.1) is 0 Å². The monoisotopic (exact) mass is 268 g/mol. The molecule has 4 N–H and O–H groups in total. The average molecular weight is 268 g/mol. The van der Waals surface area contributed by atoms with E-state index in [0.29, 0.717) is 18.2 Å². The molecule has 5 heteroatoms. The molecule has 18 heavy (non-hydrogen) atoms. The van der Waals surface area contributed by atoms with Gasteiger partial charge in [0.2, 0.25) is 5.91 Å². The van der Waals surface area contributed by atoms with Crippen LogP contribution in [0.4, 0.5) is 0 Å². The Kier molecular flexibility index (Phi) is 6.01. The second-order valence-corrected chi connectivity index (χ2v) is 5.54. The van der Waals surface area contributed by atoms with Crippen molar-refractivity contribution in [3.8, 4) is 5.75 Å². The zero-order valence-electron chi connectivity index (χ0n) is 10.7. The molecule has 0 saturated carbocycles. The van der Waals surface area contributed by atoms with Crippen molar-refractivity contribution in [1.29, 1.82) is 0 Å². The highest BCUT2D eigenvalue weighted by atomic mass is 32.2. The summed E-state index contributed by atoms with van der Waals surface area (Å²) in [6.07, 6.45) is 2.48. The van der Waals surface area contributed by atoms with Crippen LogP contribution >= 0.6 is 11.8 Å². The number of phenolic OH excluding ortho intramolecular Hbond substituents is 1. The Balaban J connectivity index is 2.42. The van der Waals surface area contributed by atoms with Gasteiger partial charge in [0, 0.05) is 11.8 Å². The van der Waals surface area contributed by atoms with Gasteiger partial charge in [-0.3, -0.25) is 4.79 Å². The third kappa shape index (κ3) is 4.98. The predicted molar refractivity (Wildman–Crippen MR) is 75.8 cm³/mol. The van der Waals surface area contributed by atoms with E-state index in [9.17, 15) is 4.79 Å². The van der Waals surface area contributed by atoms with Crippen LogP contribution in [0.25, 0.3) is 0 Å². The number of hydrogen-bond donors (Lipinski definition) is 3. The van der Waals surface area contributed by atoms with E-state index >= 15 is 0 Å². The summed E-state index contributed by atoms with van der Waals surface area (Å²) in [7, 11) is 0. The number of nitrogens with one attached hydrogen (secondary N) is 1. The second kappa shape index (κ2) is 7.28. The maximum absolute atomic E-state index is 11.7. The molecule has 0 radical (unpaired) electrons. The van der Waals surface area contributed by atoms with Crippen LogP contribution in [0.5, 0.6) is 5.75 Å². The smallest absolute Gasteiger partial charge is 0.237 e. The largest absolute Gasteiger partial charge is 0.508 e. The molecule has 0 saturated heterocycles. The molecule has 0 aromatic heterocycles. The topological polar surface area (TPSA) is 75.4 Å². The summed E-state index contributed by atoms with van der Waals surface area (Å²) < 4.78 is 0. The van der Waals surface area contributed by atoms with Gasteiger partial charge in [0.25, 0.3) is 0 Å². The Bertz CT molecular complexity index is 381. The maximum Gasteiger partial charge on any atom is 0.237 e. The highest BCUT2D eigenvalue weighted by molar-refractivity contribution is 7.99. The van der Waals surface area contributed by atoms with Gasteiger partial charge in [0.1, 0.15) is 5.75 Å². The van der Waals surface area contributed by atoms with E-state index < -0.39 is 6.04 Å². The number of rotatable bonds is 6. The summed E-state index contributed by atoms with van der Waals surface area (Å²) in [6.45, 7) is 2.68. The molecule has 1 unspecified atom stereocenters. The van der Waals surface area contributed by atoms with E-state index in [1.807, 2.05) is 6.26 Å². The Morgan fingerprint density at radius 2 is 2.06 bits per heavy atom. The van der Waals surface area contributed by atoms with E-state index in [1.165, 1.54) is 0 Å². The summed E-state index contributed by atoms with van der Waals surface area (Å²) in [5.41, 5.74) is 6.77. The highest BCUT2D eigenvalue weighted by Gasteiger charge is 2.14. The molecule has 0 aliphatic heterocycles. The van der Waals surface area contributed by atoms with E-state index in [-0.39, 0.29) is 11.7 Å². The van der Waals surface area contributed by atoms with Gasteiger partial charge in [-0.05, 0) is 30.4 Å². The van der Waals surface area contributed by atoms with E-state index in [1.54, 1.807) is 36.0 Å². The zero-order valence-corrected chi connectivity index (χ0v) is 11.5. The van der Waals surface area contributed by atoms with Crippen molar-refractivity contribution < 1.29 is 9.90 Å². The van der Waals surface area contributed by atoms with Crippen molar-refractivity contribution in [3.63, 3.8) is 0 Å². The fraction of sp³-hybridized carbons (Fsp3) is 0.462. The Morgan fingerprint density at radius 3 is 2.61 bits per heavy atom. The lowest BCUT2D eigenvalue weighted by molar-refractivity contribution is -0.122. The number of benzene rings is 1. The van der Waals surface area contributed by atoms with Crippen LogP contribution in [0, 0.1) is 0 Å². The summed E-state index contributed by atoms with van der Waals surface area (Å²) in [6, 6.07) is 6.18. The van der Waals surface area contributed by atoms with E-state index in [0.717, 1.165) is 5.56 Å². The minimum Gasteiger partial charge on any atom is -0.508 e.